The van der Waals surface area contributed by atoms with E-state index in [1.165, 1.54) is 35.5 Å². The maximum Gasteiger partial charge on any atom is 0.254 e. The van der Waals surface area contributed by atoms with E-state index in [1.54, 1.807) is 6.20 Å². The fraction of sp³-hybridized carbons (Fsp3) is 0.333. The van der Waals surface area contributed by atoms with Crippen LogP contribution < -0.4 is 36.4 Å². The van der Waals surface area contributed by atoms with Gasteiger partial charge >= 0.3 is 0 Å². The second-order valence-electron chi connectivity index (χ2n) is 16.8. The number of pyridine rings is 2. The van der Waals surface area contributed by atoms with Crippen molar-refractivity contribution in [3.63, 3.8) is 0 Å². The Morgan fingerprint density at radius 1 is 0.852 bits per heavy atom. The molecule has 0 radical (unpaired) electrons. The van der Waals surface area contributed by atoms with Crippen LogP contribution in [-0.2, 0) is 13.0 Å². The third-order valence-corrected chi connectivity index (χ3v) is 12.6. The van der Waals surface area contributed by atoms with Gasteiger partial charge in [0.15, 0.2) is 0 Å². The van der Waals surface area contributed by atoms with E-state index >= 15 is 0 Å². The van der Waals surface area contributed by atoms with Crippen LogP contribution in [0.15, 0.2) is 104 Å². The number of hydrogen-bond acceptors (Lipinski definition) is 11. The number of piperazine rings is 1. The van der Waals surface area contributed by atoms with E-state index in [1.807, 2.05) is 42.8 Å². The Morgan fingerprint density at radius 3 is 2.31 bits per heavy atom. The molecule has 4 aliphatic rings. The first-order valence-corrected chi connectivity index (χ1v) is 21.5. The Labute approximate surface area is 358 Å². The van der Waals surface area contributed by atoms with Crippen LogP contribution in [0, 0.1) is 19.8 Å². The number of hydrogen-bond donors (Lipinski definition) is 4. The van der Waals surface area contributed by atoms with Gasteiger partial charge in [-0.15, -0.1) is 0 Å². The average Bonchev–Trinajstić information content (AvgIpc) is 3.52. The summed E-state index contributed by atoms with van der Waals surface area (Å²) in [5, 5.41) is 15.0. The fourth-order valence-corrected chi connectivity index (χ4v) is 9.26. The van der Waals surface area contributed by atoms with Crippen molar-refractivity contribution in [1.82, 2.24) is 30.0 Å². The molecule has 7 heterocycles. The highest BCUT2D eigenvalue weighted by Gasteiger charge is 2.29. The van der Waals surface area contributed by atoms with Crippen molar-refractivity contribution in [2.45, 2.75) is 46.1 Å². The smallest absolute Gasteiger partial charge is 0.254 e. The Bertz CT molecular complexity index is 2490. The van der Waals surface area contributed by atoms with Gasteiger partial charge in [0.05, 0.1) is 11.4 Å². The van der Waals surface area contributed by atoms with E-state index in [0.29, 0.717) is 46.4 Å². The molecule has 5 aromatic rings. The molecule has 5 N–H and O–H groups in total. The Balaban J connectivity index is 0.791. The third kappa shape index (κ3) is 8.43. The van der Waals surface area contributed by atoms with Crippen LogP contribution in [0.5, 0.6) is 0 Å². The second kappa shape index (κ2) is 16.8. The van der Waals surface area contributed by atoms with Crippen molar-refractivity contribution < 1.29 is 4.79 Å². The van der Waals surface area contributed by atoms with Crippen molar-refractivity contribution in [3.8, 4) is 11.3 Å². The molecule has 13 nitrogen and oxygen atoms in total. The van der Waals surface area contributed by atoms with Gasteiger partial charge in [-0.2, -0.15) is 5.10 Å². The Hall–Kier alpha value is -6.60. The summed E-state index contributed by atoms with van der Waals surface area (Å²) in [6, 6.07) is 23.3. The largest absolute Gasteiger partial charge is 0.372 e. The molecule has 0 atom stereocenters. The summed E-state index contributed by atoms with van der Waals surface area (Å²) >= 11 is 0. The molecule has 0 bridgehead atoms. The summed E-state index contributed by atoms with van der Waals surface area (Å²) in [5.74, 6) is 2.38. The van der Waals surface area contributed by atoms with Gasteiger partial charge in [-0.1, -0.05) is 25.8 Å². The fourth-order valence-electron chi connectivity index (χ4n) is 9.26. The minimum atomic E-state index is -0.540. The van der Waals surface area contributed by atoms with E-state index < -0.39 is 5.91 Å². The standard InChI is InChI=1S/C48H56N12O/c1-31-27-38(29-50-45(31)34(4)53-43-8-6-7-32(2)52-43)46-44(47(49)61)48-54-42-14-13-41(28-37(42)18-22-60(48)55-46)58-25-23-56(24-26-58)30-36-16-19-57(20-17-36)39-9-11-40(12-10-39)59-21-15-33(3)51-35(59)5/h6-14,27-29,36,51,54H,3-5,15-26,30H2,1-2H3,(H2,49,61)(H,52,53). The lowest BCUT2D eigenvalue weighted by Gasteiger charge is -2.40. The highest BCUT2D eigenvalue weighted by molar-refractivity contribution is 6.04. The highest BCUT2D eigenvalue weighted by atomic mass is 16.1. The first-order valence-electron chi connectivity index (χ1n) is 21.5. The molecule has 3 aromatic heterocycles. The molecule has 1 amide bonds. The van der Waals surface area contributed by atoms with E-state index in [0.717, 1.165) is 99.6 Å². The number of rotatable bonds is 10. The number of carbonyl (C=O) groups excluding carboxylic acids is 1. The van der Waals surface area contributed by atoms with Gasteiger partial charge in [-0.25, -0.2) is 9.67 Å². The van der Waals surface area contributed by atoms with Gasteiger partial charge in [-0.3, -0.25) is 14.7 Å². The van der Waals surface area contributed by atoms with Crippen molar-refractivity contribution >= 4 is 46.0 Å². The number of piperidine rings is 1. The molecule has 0 spiro atoms. The van der Waals surface area contributed by atoms with E-state index in [-0.39, 0.29) is 0 Å². The predicted molar refractivity (Wildman–Crippen MR) is 247 cm³/mol. The molecule has 314 valence electrons. The number of nitrogens with two attached hydrogens (primary N) is 1. The summed E-state index contributed by atoms with van der Waals surface area (Å²) in [6.07, 6.45) is 5.85. The molecular weight excluding hydrogens is 761 g/mol. The van der Waals surface area contributed by atoms with Gasteiger partial charge < -0.3 is 36.4 Å². The number of carbonyl (C=O) groups is 1. The highest BCUT2D eigenvalue weighted by Crippen LogP contribution is 2.37. The molecule has 3 saturated heterocycles. The van der Waals surface area contributed by atoms with Crippen LogP contribution in [0.1, 0.15) is 52.1 Å². The molecule has 61 heavy (non-hydrogen) atoms. The number of benzene rings is 2. The Morgan fingerprint density at radius 2 is 1.59 bits per heavy atom. The summed E-state index contributed by atoms with van der Waals surface area (Å²) in [4.78, 5) is 32.2. The first kappa shape index (κ1) is 39.8. The van der Waals surface area contributed by atoms with E-state index in [4.69, 9.17) is 15.8 Å². The monoisotopic (exact) mass is 816 g/mol. The minimum Gasteiger partial charge on any atom is -0.372 e. The molecule has 0 unspecified atom stereocenters. The number of primary amides is 1. The lowest BCUT2D eigenvalue weighted by atomic mass is 9.95. The zero-order chi connectivity index (χ0) is 42.2. The average molecular weight is 817 g/mol. The molecule has 3 fully saturated rings. The van der Waals surface area contributed by atoms with E-state index in [2.05, 4.69) is 103 Å². The van der Waals surface area contributed by atoms with Crippen LogP contribution in [0.2, 0.25) is 0 Å². The van der Waals surface area contributed by atoms with Crippen molar-refractivity contribution in [3.05, 3.63) is 132 Å². The number of aryl methyl sites for hydroxylation is 4. The molecular formula is C48H56N12O. The van der Waals surface area contributed by atoms with Gasteiger partial charge in [0.25, 0.3) is 5.91 Å². The topological polar surface area (TPSA) is 136 Å². The van der Waals surface area contributed by atoms with Gasteiger partial charge in [0, 0.05) is 111 Å². The van der Waals surface area contributed by atoms with Crippen LogP contribution in [-0.4, -0.2) is 82.9 Å². The number of nitrogens with zero attached hydrogens (tertiary/aromatic N) is 8. The van der Waals surface area contributed by atoms with Gasteiger partial charge in [0.1, 0.15) is 28.7 Å². The normalized spacial score (nSPS) is 17.2. The summed E-state index contributed by atoms with van der Waals surface area (Å²) in [5.41, 5.74) is 17.7. The number of aromatic nitrogens is 4. The lowest BCUT2D eigenvalue weighted by molar-refractivity contribution is 0.100. The Kier molecular flexibility index (Phi) is 11.0. The summed E-state index contributed by atoms with van der Waals surface area (Å²) < 4.78 is 1.87. The van der Waals surface area contributed by atoms with Crippen LogP contribution in [0.25, 0.3) is 17.0 Å². The van der Waals surface area contributed by atoms with Crippen LogP contribution in [0.4, 0.5) is 34.4 Å². The van der Waals surface area contributed by atoms with Gasteiger partial charge in [-0.05, 0) is 111 Å². The zero-order valence-electron chi connectivity index (χ0n) is 35.4. The van der Waals surface area contributed by atoms with Crippen molar-refractivity contribution in [2.24, 2.45) is 11.7 Å². The first-order chi connectivity index (χ1) is 29.6. The van der Waals surface area contributed by atoms with E-state index in [9.17, 15) is 4.79 Å². The van der Waals surface area contributed by atoms with Crippen molar-refractivity contribution in [1.29, 1.82) is 0 Å². The lowest BCUT2D eigenvalue weighted by Crippen LogP contribution is -2.49. The van der Waals surface area contributed by atoms with Crippen LogP contribution >= 0.6 is 0 Å². The minimum absolute atomic E-state index is 0.354. The molecule has 9 rings (SSSR count). The zero-order valence-corrected chi connectivity index (χ0v) is 35.4. The predicted octanol–water partition coefficient (Wildman–Crippen LogP) is 7.26. The maximum absolute atomic E-state index is 13.1. The molecule has 0 saturated carbocycles. The molecule has 0 aliphatic carbocycles. The van der Waals surface area contributed by atoms with Gasteiger partial charge in [0.2, 0.25) is 0 Å². The third-order valence-electron chi connectivity index (χ3n) is 12.6. The molecule has 4 aliphatic heterocycles. The van der Waals surface area contributed by atoms with Crippen molar-refractivity contribution in [2.75, 3.05) is 77.7 Å². The number of amides is 1. The number of anilines is 6. The SMILES string of the molecule is C=C1CCN(c2ccc(N3CCC(CN4CCN(c5ccc6c(c5)CCn5nc(-c7cnc(C(=C)Nc8cccc(C)n8)c(C)c7)c(C(N)=O)c5N6)CC4)CC3)cc2)C(=C)N1. The second-order valence-corrected chi connectivity index (χ2v) is 16.8. The summed E-state index contributed by atoms with van der Waals surface area (Å²) in [6.45, 7) is 25.3. The number of fused-ring (bicyclic) bond motifs is 2. The molecule has 13 heteroatoms. The maximum atomic E-state index is 13.1. The quantitative estimate of drug-likeness (QED) is 0.113. The van der Waals surface area contributed by atoms with Crippen LogP contribution in [0.3, 0.4) is 0 Å². The molecule has 2 aromatic carbocycles. The summed E-state index contributed by atoms with van der Waals surface area (Å²) in [7, 11) is 0. The number of nitrogens with one attached hydrogen (secondary N) is 3.